The van der Waals surface area contributed by atoms with Crippen molar-refractivity contribution in [3.8, 4) is 11.6 Å². The molecule has 0 aliphatic rings. The van der Waals surface area contributed by atoms with Crippen LogP contribution in [0.3, 0.4) is 0 Å². The van der Waals surface area contributed by atoms with Gasteiger partial charge < -0.3 is 15.6 Å². The summed E-state index contributed by atoms with van der Waals surface area (Å²) in [5.41, 5.74) is 7.10. The Labute approximate surface area is 115 Å². The van der Waals surface area contributed by atoms with Gasteiger partial charge in [-0.2, -0.15) is 4.98 Å². The van der Waals surface area contributed by atoms with Crippen LogP contribution in [0.1, 0.15) is 5.56 Å². The number of para-hydroxylation sites is 2. The predicted octanol–water partition coefficient (Wildman–Crippen LogP) is 2.50. The molecule has 0 fully saturated rings. The summed E-state index contributed by atoms with van der Waals surface area (Å²) in [4.78, 5) is 8.29. The van der Waals surface area contributed by atoms with Crippen molar-refractivity contribution in [3.63, 3.8) is 0 Å². The number of aliphatic hydroxyl groups is 1. The molecule has 0 saturated heterocycles. The third kappa shape index (κ3) is 2.26. The lowest BCUT2D eigenvalue weighted by Gasteiger charge is -2.11. The number of aliphatic hydroxyl groups excluding tert-OH is 1. The van der Waals surface area contributed by atoms with E-state index in [1.807, 2.05) is 36.4 Å². The first kappa shape index (κ1) is 12.4. The molecule has 0 radical (unpaired) electrons. The summed E-state index contributed by atoms with van der Waals surface area (Å²) in [5, 5.41) is 10.1. The molecule has 100 valence electrons. The van der Waals surface area contributed by atoms with Crippen molar-refractivity contribution in [2.24, 2.45) is 0 Å². The number of anilines is 1. The first-order valence-corrected chi connectivity index (χ1v) is 6.17. The lowest BCUT2D eigenvalue weighted by molar-refractivity contribution is 0.276. The molecule has 3 aromatic rings. The van der Waals surface area contributed by atoms with E-state index in [1.54, 1.807) is 12.1 Å². The maximum absolute atomic E-state index is 9.33. The molecule has 0 bridgehead atoms. The molecule has 5 nitrogen and oxygen atoms in total. The van der Waals surface area contributed by atoms with Crippen molar-refractivity contribution < 1.29 is 9.84 Å². The van der Waals surface area contributed by atoms with Crippen LogP contribution < -0.4 is 10.5 Å². The minimum atomic E-state index is -0.103. The molecule has 0 aliphatic heterocycles. The summed E-state index contributed by atoms with van der Waals surface area (Å²) in [7, 11) is 0. The number of hydrogen-bond donors (Lipinski definition) is 2. The normalized spacial score (nSPS) is 10.7. The number of hydrogen-bond acceptors (Lipinski definition) is 5. The molecule has 2 aromatic carbocycles. The van der Waals surface area contributed by atoms with Gasteiger partial charge in [-0.25, -0.2) is 4.98 Å². The average Bonchev–Trinajstić information content (AvgIpc) is 2.47. The smallest absolute Gasteiger partial charge is 0.231 e. The van der Waals surface area contributed by atoms with Crippen LogP contribution in [-0.4, -0.2) is 15.1 Å². The molecule has 3 rings (SSSR count). The van der Waals surface area contributed by atoms with Crippen LogP contribution in [0.5, 0.6) is 11.6 Å². The Balaban J connectivity index is 2.10. The quantitative estimate of drug-likeness (QED) is 0.762. The van der Waals surface area contributed by atoms with Crippen LogP contribution in [0, 0.1) is 0 Å². The maximum atomic E-state index is 9.33. The summed E-state index contributed by atoms with van der Waals surface area (Å²) >= 11 is 0. The lowest BCUT2D eigenvalue weighted by Crippen LogP contribution is -1.99. The molecule has 0 atom stereocenters. The third-order valence-electron chi connectivity index (χ3n) is 2.94. The van der Waals surface area contributed by atoms with Crippen LogP contribution in [-0.2, 0) is 6.61 Å². The second-order valence-corrected chi connectivity index (χ2v) is 4.27. The van der Waals surface area contributed by atoms with E-state index in [4.69, 9.17) is 10.5 Å². The van der Waals surface area contributed by atoms with Crippen molar-refractivity contribution in [1.29, 1.82) is 0 Å². The zero-order valence-electron chi connectivity index (χ0n) is 10.7. The maximum Gasteiger partial charge on any atom is 0.231 e. The second-order valence-electron chi connectivity index (χ2n) is 4.27. The fourth-order valence-corrected chi connectivity index (χ4v) is 1.98. The highest BCUT2D eigenvalue weighted by Crippen LogP contribution is 2.29. The molecule has 0 amide bonds. The van der Waals surface area contributed by atoms with Gasteiger partial charge in [-0.1, -0.05) is 30.3 Å². The average molecular weight is 267 g/mol. The molecule has 5 heteroatoms. The monoisotopic (exact) mass is 267 g/mol. The Hall–Kier alpha value is -2.66. The fourth-order valence-electron chi connectivity index (χ4n) is 1.98. The van der Waals surface area contributed by atoms with E-state index in [0.29, 0.717) is 17.2 Å². The van der Waals surface area contributed by atoms with E-state index >= 15 is 0 Å². The predicted molar refractivity (Wildman–Crippen MR) is 76.4 cm³/mol. The van der Waals surface area contributed by atoms with Crippen LogP contribution in [0.4, 0.5) is 5.95 Å². The van der Waals surface area contributed by atoms with Gasteiger partial charge in [0.2, 0.25) is 11.8 Å². The number of benzene rings is 2. The van der Waals surface area contributed by atoms with Gasteiger partial charge in [-0.15, -0.1) is 0 Å². The van der Waals surface area contributed by atoms with Gasteiger partial charge in [0, 0.05) is 5.56 Å². The first-order chi connectivity index (χ1) is 9.78. The number of nitrogen functional groups attached to an aromatic ring is 1. The number of nitrogens with two attached hydrogens (primary N) is 1. The summed E-state index contributed by atoms with van der Waals surface area (Å²) in [5.74, 6) is 1.09. The number of aromatic nitrogens is 2. The van der Waals surface area contributed by atoms with Crippen molar-refractivity contribution >= 4 is 16.9 Å². The molecule has 20 heavy (non-hydrogen) atoms. The van der Waals surface area contributed by atoms with E-state index in [0.717, 1.165) is 10.9 Å². The van der Waals surface area contributed by atoms with Crippen LogP contribution in [0.2, 0.25) is 0 Å². The molecule has 1 heterocycles. The van der Waals surface area contributed by atoms with Crippen molar-refractivity contribution in [2.75, 3.05) is 5.73 Å². The Morgan fingerprint density at radius 1 is 1.00 bits per heavy atom. The van der Waals surface area contributed by atoms with E-state index in [2.05, 4.69) is 9.97 Å². The van der Waals surface area contributed by atoms with Crippen LogP contribution in [0.25, 0.3) is 10.9 Å². The van der Waals surface area contributed by atoms with E-state index < -0.39 is 0 Å². The first-order valence-electron chi connectivity index (χ1n) is 6.17. The van der Waals surface area contributed by atoms with E-state index in [1.165, 1.54) is 0 Å². The van der Waals surface area contributed by atoms with Crippen molar-refractivity contribution in [3.05, 3.63) is 54.1 Å². The molecule has 0 aliphatic carbocycles. The topological polar surface area (TPSA) is 81.3 Å². The molecule has 3 N–H and O–H groups in total. The Morgan fingerprint density at radius 2 is 1.75 bits per heavy atom. The van der Waals surface area contributed by atoms with Gasteiger partial charge in [-0.05, 0) is 18.2 Å². The van der Waals surface area contributed by atoms with Gasteiger partial charge in [0.05, 0.1) is 17.5 Å². The van der Waals surface area contributed by atoms with Crippen molar-refractivity contribution in [2.45, 2.75) is 6.61 Å². The highest BCUT2D eigenvalue weighted by atomic mass is 16.5. The molecular formula is C15H13N3O2. The number of rotatable bonds is 3. The van der Waals surface area contributed by atoms with E-state index in [-0.39, 0.29) is 12.6 Å². The van der Waals surface area contributed by atoms with Gasteiger partial charge >= 0.3 is 0 Å². The minimum Gasteiger partial charge on any atom is -0.438 e. The summed E-state index contributed by atoms with van der Waals surface area (Å²) in [6, 6.07) is 14.7. The Kier molecular flexibility index (Phi) is 3.18. The summed E-state index contributed by atoms with van der Waals surface area (Å²) < 4.78 is 5.80. The molecule has 0 spiro atoms. The third-order valence-corrected chi connectivity index (χ3v) is 2.94. The molecule has 0 saturated carbocycles. The zero-order chi connectivity index (χ0) is 13.9. The zero-order valence-corrected chi connectivity index (χ0v) is 10.7. The molecular weight excluding hydrogens is 254 g/mol. The van der Waals surface area contributed by atoms with Crippen molar-refractivity contribution in [1.82, 2.24) is 9.97 Å². The fraction of sp³-hybridized carbons (Fsp3) is 0.0667. The van der Waals surface area contributed by atoms with Gasteiger partial charge in [0.15, 0.2) is 0 Å². The highest BCUT2D eigenvalue weighted by molar-refractivity contribution is 5.84. The highest BCUT2D eigenvalue weighted by Gasteiger charge is 2.10. The molecule has 1 aromatic heterocycles. The SMILES string of the molecule is Nc1nc(Oc2ccccc2CO)c2ccccc2n1. The van der Waals surface area contributed by atoms with Crippen LogP contribution in [0.15, 0.2) is 48.5 Å². The van der Waals surface area contributed by atoms with Gasteiger partial charge in [0.25, 0.3) is 0 Å². The standard InChI is InChI=1S/C15H13N3O2/c16-15-17-12-7-3-2-6-11(12)14(18-15)20-13-8-4-1-5-10(13)9-19/h1-8,19H,9H2,(H2,16,17,18). The Bertz CT molecular complexity index is 759. The van der Waals surface area contributed by atoms with Gasteiger partial charge in [-0.3, -0.25) is 0 Å². The largest absolute Gasteiger partial charge is 0.438 e. The van der Waals surface area contributed by atoms with Gasteiger partial charge in [0.1, 0.15) is 5.75 Å². The second kappa shape index (κ2) is 5.14. The number of ether oxygens (including phenoxy) is 1. The molecule has 0 unspecified atom stereocenters. The number of nitrogens with zero attached hydrogens (tertiary/aromatic N) is 2. The minimum absolute atomic E-state index is 0.103. The lowest BCUT2D eigenvalue weighted by atomic mass is 10.2. The summed E-state index contributed by atoms with van der Waals surface area (Å²) in [6.45, 7) is -0.103. The Morgan fingerprint density at radius 3 is 2.60 bits per heavy atom. The number of fused-ring (bicyclic) bond motifs is 1. The van der Waals surface area contributed by atoms with Crippen LogP contribution >= 0.6 is 0 Å². The van der Waals surface area contributed by atoms with E-state index in [9.17, 15) is 5.11 Å². The summed E-state index contributed by atoms with van der Waals surface area (Å²) in [6.07, 6.45) is 0.